The summed E-state index contributed by atoms with van der Waals surface area (Å²) in [4.78, 5) is 7.49. The summed E-state index contributed by atoms with van der Waals surface area (Å²) < 4.78 is 10.7. The lowest BCUT2D eigenvalue weighted by Gasteiger charge is -2.33. The van der Waals surface area contributed by atoms with Gasteiger partial charge < -0.3 is 24.7 Å². The molecule has 2 aromatic rings. The van der Waals surface area contributed by atoms with Gasteiger partial charge in [-0.2, -0.15) is 0 Å². The summed E-state index contributed by atoms with van der Waals surface area (Å²) in [5.74, 6) is 2.75. The summed E-state index contributed by atoms with van der Waals surface area (Å²) in [6.45, 7) is 3.82. The Morgan fingerprint density at radius 3 is 2.53 bits per heavy atom. The fourth-order valence-electron chi connectivity index (χ4n) is 3.85. The van der Waals surface area contributed by atoms with Gasteiger partial charge in [0.15, 0.2) is 5.96 Å². The van der Waals surface area contributed by atoms with E-state index in [-0.39, 0.29) is 24.0 Å². The number of ether oxygens (including phenoxy) is 1. The van der Waals surface area contributed by atoms with Crippen molar-refractivity contribution in [1.29, 1.82) is 0 Å². The first kappa shape index (κ1) is 22.9. The molecule has 1 aromatic carbocycles. The number of furan rings is 1. The highest BCUT2D eigenvalue weighted by Gasteiger charge is 2.31. The highest BCUT2D eigenvalue weighted by atomic mass is 127. The van der Waals surface area contributed by atoms with E-state index in [4.69, 9.17) is 14.1 Å². The van der Waals surface area contributed by atoms with Gasteiger partial charge in [0.05, 0.1) is 19.9 Å². The van der Waals surface area contributed by atoms with E-state index < -0.39 is 0 Å². The van der Waals surface area contributed by atoms with Crippen molar-refractivity contribution in [3.05, 3.63) is 54.0 Å². The number of guanidine groups is 1. The standard InChI is InChI=1S/C23H32N4O2.HI/c1-28-21-8-4-18(5-9-21)17-25-23(24-13-10-22-3-2-16-29-22)26-19-11-14-27(15-12-19)20-6-7-20;/h2-5,8-9,16,19-20H,6-7,10-15,17H2,1H3,(H2,24,25,26);1H. The molecule has 2 aliphatic rings. The maximum absolute atomic E-state index is 5.44. The van der Waals surface area contributed by atoms with E-state index in [1.165, 1.54) is 44.3 Å². The average molecular weight is 524 g/mol. The summed E-state index contributed by atoms with van der Waals surface area (Å²) in [5, 5.41) is 7.15. The van der Waals surface area contributed by atoms with Crippen LogP contribution in [-0.4, -0.2) is 49.7 Å². The lowest BCUT2D eigenvalue weighted by Crippen LogP contribution is -2.49. The number of nitrogens with one attached hydrogen (secondary N) is 2. The molecule has 164 valence electrons. The Kier molecular flexibility index (Phi) is 8.87. The van der Waals surface area contributed by atoms with Crippen LogP contribution in [0.4, 0.5) is 0 Å². The number of hydrogen-bond donors (Lipinski definition) is 2. The van der Waals surface area contributed by atoms with E-state index in [9.17, 15) is 0 Å². The molecule has 1 aliphatic carbocycles. The molecular weight excluding hydrogens is 491 g/mol. The van der Waals surface area contributed by atoms with Gasteiger partial charge in [-0.3, -0.25) is 0 Å². The summed E-state index contributed by atoms with van der Waals surface area (Å²) in [6.07, 6.45) is 7.70. The predicted octanol–water partition coefficient (Wildman–Crippen LogP) is 3.81. The topological polar surface area (TPSA) is 62.0 Å². The molecule has 1 saturated heterocycles. The van der Waals surface area contributed by atoms with E-state index >= 15 is 0 Å². The van der Waals surface area contributed by atoms with Crippen LogP contribution in [0.15, 0.2) is 52.1 Å². The van der Waals surface area contributed by atoms with Crippen molar-refractivity contribution < 1.29 is 9.15 Å². The summed E-state index contributed by atoms with van der Waals surface area (Å²) in [5.41, 5.74) is 1.17. The average Bonchev–Trinajstić information content (AvgIpc) is 3.49. The van der Waals surface area contributed by atoms with Crippen molar-refractivity contribution in [3.63, 3.8) is 0 Å². The van der Waals surface area contributed by atoms with Crippen LogP contribution in [0.1, 0.15) is 37.0 Å². The van der Waals surface area contributed by atoms with Gasteiger partial charge in [-0.05, 0) is 55.5 Å². The zero-order chi connectivity index (χ0) is 19.9. The van der Waals surface area contributed by atoms with Crippen molar-refractivity contribution >= 4 is 29.9 Å². The molecule has 2 N–H and O–H groups in total. The lowest BCUT2D eigenvalue weighted by atomic mass is 10.1. The van der Waals surface area contributed by atoms with Crippen LogP contribution in [0.2, 0.25) is 0 Å². The zero-order valence-electron chi connectivity index (χ0n) is 17.7. The molecule has 1 aliphatic heterocycles. The second-order valence-electron chi connectivity index (χ2n) is 7.95. The van der Waals surface area contributed by atoms with Crippen molar-refractivity contribution in [3.8, 4) is 5.75 Å². The second-order valence-corrected chi connectivity index (χ2v) is 7.95. The lowest BCUT2D eigenvalue weighted by molar-refractivity contribution is 0.197. The summed E-state index contributed by atoms with van der Waals surface area (Å²) >= 11 is 0. The Hall–Kier alpha value is -1.74. The number of piperidine rings is 1. The number of nitrogens with zero attached hydrogens (tertiary/aromatic N) is 2. The molecule has 30 heavy (non-hydrogen) atoms. The number of hydrogen-bond acceptors (Lipinski definition) is 4. The molecule has 0 atom stereocenters. The monoisotopic (exact) mass is 524 g/mol. The summed E-state index contributed by atoms with van der Waals surface area (Å²) in [7, 11) is 1.69. The summed E-state index contributed by atoms with van der Waals surface area (Å²) in [6, 6.07) is 13.4. The Labute approximate surface area is 196 Å². The van der Waals surface area contributed by atoms with Crippen LogP contribution in [0, 0.1) is 0 Å². The molecule has 2 heterocycles. The molecule has 0 amide bonds. The second kappa shape index (κ2) is 11.6. The maximum Gasteiger partial charge on any atom is 0.191 e. The Morgan fingerprint density at radius 2 is 1.90 bits per heavy atom. The minimum Gasteiger partial charge on any atom is -0.497 e. The number of likely N-dealkylation sites (tertiary alicyclic amines) is 1. The van der Waals surface area contributed by atoms with Gasteiger partial charge in [0.2, 0.25) is 0 Å². The van der Waals surface area contributed by atoms with Crippen LogP contribution in [-0.2, 0) is 13.0 Å². The molecule has 0 spiro atoms. The third kappa shape index (κ3) is 6.91. The van der Waals surface area contributed by atoms with E-state index in [1.807, 2.05) is 24.3 Å². The van der Waals surface area contributed by atoms with Gasteiger partial charge in [0.1, 0.15) is 11.5 Å². The Balaban J connectivity index is 0.00000256. The van der Waals surface area contributed by atoms with E-state index in [0.717, 1.165) is 36.5 Å². The van der Waals surface area contributed by atoms with Crippen LogP contribution >= 0.6 is 24.0 Å². The minimum atomic E-state index is 0. The van der Waals surface area contributed by atoms with Crippen LogP contribution in [0.25, 0.3) is 0 Å². The Morgan fingerprint density at radius 1 is 1.13 bits per heavy atom. The molecule has 0 radical (unpaired) electrons. The first-order valence-electron chi connectivity index (χ1n) is 10.7. The highest BCUT2D eigenvalue weighted by molar-refractivity contribution is 14.0. The van der Waals surface area contributed by atoms with E-state index in [1.54, 1.807) is 13.4 Å². The van der Waals surface area contributed by atoms with Crippen molar-refractivity contribution in [1.82, 2.24) is 15.5 Å². The van der Waals surface area contributed by atoms with Gasteiger partial charge in [-0.15, -0.1) is 24.0 Å². The van der Waals surface area contributed by atoms with Gasteiger partial charge in [0, 0.05) is 38.1 Å². The van der Waals surface area contributed by atoms with Crippen molar-refractivity contribution in [2.75, 3.05) is 26.7 Å². The van der Waals surface area contributed by atoms with E-state index in [2.05, 4.69) is 27.7 Å². The SMILES string of the molecule is COc1ccc(CN=C(NCCc2ccco2)NC2CCN(C3CC3)CC2)cc1.I. The molecule has 6 nitrogen and oxygen atoms in total. The number of halogens is 1. The normalized spacial score (nSPS) is 18.0. The largest absolute Gasteiger partial charge is 0.497 e. The van der Waals surface area contributed by atoms with Gasteiger partial charge in [-0.25, -0.2) is 4.99 Å². The van der Waals surface area contributed by atoms with Gasteiger partial charge >= 0.3 is 0 Å². The highest BCUT2D eigenvalue weighted by Crippen LogP contribution is 2.29. The molecular formula is C23H33IN4O2. The van der Waals surface area contributed by atoms with Crippen LogP contribution in [0.3, 0.4) is 0 Å². The predicted molar refractivity (Wildman–Crippen MR) is 131 cm³/mol. The quantitative estimate of drug-likeness (QED) is 0.313. The molecule has 2 fully saturated rings. The number of rotatable bonds is 8. The molecule has 0 unspecified atom stereocenters. The molecule has 4 rings (SSSR count). The smallest absolute Gasteiger partial charge is 0.191 e. The number of benzene rings is 1. The maximum atomic E-state index is 5.44. The molecule has 1 saturated carbocycles. The third-order valence-electron chi connectivity index (χ3n) is 5.76. The molecule has 7 heteroatoms. The minimum absolute atomic E-state index is 0. The number of aliphatic imine (C=N–C) groups is 1. The number of methoxy groups -OCH3 is 1. The fraction of sp³-hybridized carbons (Fsp3) is 0.522. The van der Waals surface area contributed by atoms with E-state index in [0.29, 0.717) is 12.6 Å². The van der Waals surface area contributed by atoms with Crippen molar-refractivity contribution in [2.45, 2.75) is 50.7 Å². The zero-order valence-corrected chi connectivity index (χ0v) is 20.0. The first-order chi connectivity index (χ1) is 14.3. The van der Waals surface area contributed by atoms with Gasteiger partial charge in [0.25, 0.3) is 0 Å². The van der Waals surface area contributed by atoms with Gasteiger partial charge in [-0.1, -0.05) is 12.1 Å². The molecule has 0 bridgehead atoms. The Bertz CT molecular complexity index is 767. The third-order valence-corrected chi connectivity index (χ3v) is 5.76. The first-order valence-corrected chi connectivity index (χ1v) is 10.7. The van der Waals surface area contributed by atoms with Crippen molar-refractivity contribution in [2.24, 2.45) is 4.99 Å². The van der Waals surface area contributed by atoms with Crippen LogP contribution in [0.5, 0.6) is 5.75 Å². The fourth-order valence-corrected chi connectivity index (χ4v) is 3.85. The molecule has 1 aromatic heterocycles. The van der Waals surface area contributed by atoms with Crippen LogP contribution < -0.4 is 15.4 Å².